The summed E-state index contributed by atoms with van der Waals surface area (Å²) in [6, 6.07) is 1.51. The zero-order valence-electron chi connectivity index (χ0n) is 8.93. The van der Waals surface area contributed by atoms with Gasteiger partial charge in [-0.05, 0) is 11.4 Å². The van der Waals surface area contributed by atoms with E-state index < -0.39 is 40.2 Å². The standard InChI is InChI=1S/C7H4F6O4S3/c8-6(9,10)19(14,15)5(4-2-1-3-18-4)20(16,17)7(11,12)13/h1-3,5H. The summed E-state index contributed by atoms with van der Waals surface area (Å²) in [5, 5.41) is 0.958. The summed E-state index contributed by atoms with van der Waals surface area (Å²) >= 11 is 0.159. The Bertz CT molecular complexity index is 623. The molecule has 0 bridgehead atoms. The van der Waals surface area contributed by atoms with Crippen molar-refractivity contribution < 1.29 is 43.2 Å². The van der Waals surface area contributed by atoms with E-state index in [1.54, 1.807) is 0 Å². The quantitative estimate of drug-likeness (QED) is 0.776. The Hall–Kier alpha value is -0.820. The van der Waals surface area contributed by atoms with E-state index in [4.69, 9.17) is 0 Å². The molecule has 1 heterocycles. The lowest BCUT2D eigenvalue weighted by atomic mass is 10.5. The van der Waals surface area contributed by atoms with E-state index in [1.807, 2.05) is 0 Å². The highest BCUT2D eigenvalue weighted by Crippen LogP contribution is 2.45. The molecule has 0 aliphatic rings. The topological polar surface area (TPSA) is 68.3 Å². The highest BCUT2D eigenvalue weighted by atomic mass is 32.3. The summed E-state index contributed by atoms with van der Waals surface area (Å²) in [6.07, 6.45) is 0. The maximum Gasteiger partial charge on any atom is 0.499 e. The Balaban J connectivity index is 3.66. The van der Waals surface area contributed by atoms with Gasteiger partial charge in [-0.15, -0.1) is 11.3 Å². The monoisotopic (exact) mass is 362 g/mol. The molecular weight excluding hydrogens is 358 g/mol. The van der Waals surface area contributed by atoms with Gasteiger partial charge in [0.25, 0.3) is 19.7 Å². The predicted molar refractivity (Wildman–Crippen MR) is 57.0 cm³/mol. The second kappa shape index (κ2) is 4.87. The van der Waals surface area contributed by atoms with Crippen LogP contribution >= 0.6 is 11.3 Å². The van der Waals surface area contributed by atoms with Gasteiger partial charge < -0.3 is 0 Å². The fraction of sp³-hybridized carbons (Fsp3) is 0.429. The van der Waals surface area contributed by atoms with Crippen molar-refractivity contribution in [2.75, 3.05) is 0 Å². The molecule has 0 aliphatic carbocycles. The molecule has 0 atom stereocenters. The Morgan fingerprint density at radius 3 is 1.55 bits per heavy atom. The third-order valence-electron chi connectivity index (χ3n) is 1.98. The SMILES string of the molecule is O=S(=O)(C(c1cccs1)S(=O)(=O)C(F)(F)F)C(F)(F)F. The minimum atomic E-state index is -6.60. The van der Waals surface area contributed by atoms with Gasteiger partial charge in [0.05, 0.1) is 0 Å². The first-order valence-electron chi connectivity index (χ1n) is 4.36. The maximum absolute atomic E-state index is 12.4. The van der Waals surface area contributed by atoms with E-state index in [-0.39, 0.29) is 11.3 Å². The van der Waals surface area contributed by atoms with Gasteiger partial charge in [-0.25, -0.2) is 16.8 Å². The van der Waals surface area contributed by atoms with Gasteiger partial charge in [0.15, 0.2) is 0 Å². The number of hydrogen-bond donors (Lipinski definition) is 0. The lowest BCUT2D eigenvalue weighted by molar-refractivity contribution is -0.0471. The van der Waals surface area contributed by atoms with Crippen LogP contribution in [0.5, 0.6) is 0 Å². The summed E-state index contributed by atoms with van der Waals surface area (Å²) in [7, 11) is -13.2. The molecule has 116 valence electrons. The van der Waals surface area contributed by atoms with Crippen LogP contribution in [-0.4, -0.2) is 27.9 Å². The fourth-order valence-corrected chi connectivity index (χ4v) is 6.06. The molecule has 0 saturated heterocycles. The molecule has 0 unspecified atom stereocenters. The lowest BCUT2D eigenvalue weighted by Crippen LogP contribution is -2.38. The molecule has 0 radical (unpaired) electrons. The van der Waals surface area contributed by atoms with E-state index in [1.165, 1.54) is 0 Å². The van der Waals surface area contributed by atoms with Crippen LogP contribution in [0.25, 0.3) is 0 Å². The summed E-state index contributed by atoms with van der Waals surface area (Å²) < 4.78 is 115. The van der Waals surface area contributed by atoms with Crippen LogP contribution < -0.4 is 0 Å². The maximum atomic E-state index is 12.4. The van der Waals surface area contributed by atoms with Crippen molar-refractivity contribution in [3.05, 3.63) is 22.4 Å². The molecule has 0 N–H and O–H groups in total. The van der Waals surface area contributed by atoms with Crippen molar-refractivity contribution >= 4 is 31.0 Å². The van der Waals surface area contributed by atoms with Crippen LogP contribution in [0.4, 0.5) is 26.3 Å². The van der Waals surface area contributed by atoms with Gasteiger partial charge in [0, 0.05) is 4.88 Å². The second-order valence-electron chi connectivity index (χ2n) is 3.33. The Morgan fingerprint density at radius 2 is 1.30 bits per heavy atom. The smallest absolute Gasteiger partial charge is 0.218 e. The molecule has 1 rings (SSSR count). The summed E-state index contributed by atoms with van der Waals surface area (Å²) in [6.45, 7) is 0. The third-order valence-corrected chi connectivity index (χ3v) is 7.67. The highest BCUT2D eigenvalue weighted by molar-refractivity contribution is 8.09. The van der Waals surface area contributed by atoms with E-state index in [9.17, 15) is 43.2 Å². The molecular formula is C7H4F6O4S3. The van der Waals surface area contributed by atoms with E-state index in [2.05, 4.69) is 0 Å². The summed E-state index contributed by atoms with van der Waals surface area (Å²) in [5.41, 5.74) is -12.3. The first kappa shape index (κ1) is 17.2. The van der Waals surface area contributed by atoms with Crippen LogP contribution in [-0.2, 0) is 19.7 Å². The normalized spacial score (nSPS) is 14.8. The Kier molecular flexibility index (Phi) is 4.20. The van der Waals surface area contributed by atoms with E-state index in [0.717, 1.165) is 11.4 Å². The van der Waals surface area contributed by atoms with Crippen molar-refractivity contribution in [3.8, 4) is 0 Å². The van der Waals surface area contributed by atoms with Crippen LogP contribution in [0.15, 0.2) is 17.5 Å². The van der Waals surface area contributed by atoms with Gasteiger partial charge in [0.2, 0.25) is 4.58 Å². The van der Waals surface area contributed by atoms with Gasteiger partial charge in [-0.1, -0.05) is 6.07 Å². The van der Waals surface area contributed by atoms with E-state index >= 15 is 0 Å². The molecule has 0 saturated carbocycles. The largest absolute Gasteiger partial charge is 0.499 e. The number of thiophene rings is 1. The average molecular weight is 362 g/mol. The molecule has 13 heteroatoms. The Morgan fingerprint density at radius 1 is 0.900 bits per heavy atom. The number of alkyl halides is 6. The molecule has 0 amide bonds. The van der Waals surface area contributed by atoms with Gasteiger partial charge in [-0.3, -0.25) is 0 Å². The molecule has 0 fully saturated rings. The second-order valence-corrected chi connectivity index (χ2v) is 8.66. The predicted octanol–water partition coefficient (Wildman–Crippen LogP) is 2.62. The number of sulfone groups is 2. The molecule has 0 aliphatic heterocycles. The summed E-state index contributed by atoms with van der Waals surface area (Å²) in [5.74, 6) is 0. The van der Waals surface area contributed by atoms with Crippen LogP contribution in [0.1, 0.15) is 9.46 Å². The van der Waals surface area contributed by atoms with Crippen LogP contribution in [0.2, 0.25) is 0 Å². The minimum Gasteiger partial charge on any atom is -0.218 e. The molecule has 0 aromatic carbocycles. The molecule has 20 heavy (non-hydrogen) atoms. The lowest BCUT2D eigenvalue weighted by Gasteiger charge is -2.19. The molecule has 1 aromatic rings. The van der Waals surface area contributed by atoms with Gasteiger partial charge >= 0.3 is 11.0 Å². The zero-order valence-corrected chi connectivity index (χ0v) is 11.4. The van der Waals surface area contributed by atoms with Crippen LogP contribution in [0.3, 0.4) is 0 Å². The number of rotatable bonds is 3. The van der Waals surface area contributed by atoms with Crippen molar-refractivity contribution in [3.63, 3.8) is 0 Å². The van der Waals surface area contributed by atoms with Crippen molar-refractivity contribution in [2.45, 2.75) is 15.6 Å². The van der Waals surface area contributed by atoms with Crippen LogP contribution in [0, 0.1) is 0 Å². The fourth-order valence-electron chi connectivity index (χ4n) is 1.14. The molecule has 4 nitrogen and oxygen atoms in total. The first-order chi connectivity index (χ1) is 8.73. The highest BCUT2D eigenvalue weighted by Gasteiger charge is 2.63. The van der Waals surface area contributed by atoms with Crippen molar-refractivity contribution in [2.24, 2.45) is 0 Å². The number of hydrogen-bond acceptors (Lipinski definition) is 5. The zero-order chi connectivity index (χ0) is 16.0. The number of halogens is 6. The van der Waals surface area contributed by atoms with Crippen molar-refractivity contribution in [1.29, 1.82) is 0 Å². The Labute approximate surface area is 112 Å². The molecule has 1 aromatic heterocycles. The van der Waals surface area contributed by atoms with Gasteiger partial charge in [-0.2, -0.15) is 26.3 Å². The first-order valence-corrected chi connectivity index (χ1v) is 8.34. The van der Waals surface area contributed by atoms with Crippen molar-refractivity contribution in [1.82, 2.24) is 0 Å². The van der Waals surface area contributed by atoms with E-state index in [0.29, 0.717) is 6.07 Å². The average Bonchev–Trinajstić information content (AvgIpc) is 2.66. The molecule has 0 spiro atoms. The third kappa shape index (κ3) is 2.79. The van der Waals surface area contributed by atoms with Gasteiger partial charge in [0.1, 0.15) is 0 Å². The summed E-state index contributed by atoms with van der Waals surface area (Å²) in [4.78, 5) is -1.08. The minimum absolute atomic E-state index is 0.159.